The fourth-order valence-electron chi connectivity index (χ4n) is 4.32. The lowest BCUT2D eigenvalue weighted by atomic mass is 9.95. The molecule has 2 heterocycles. The van der Waals surface area contributed by atoms with Gasteiger partial charge in [0.05, 0.1) is 42.2 Å². The van der Waals surface area contributed by atoms with Crippen LogP contribution >= 0.6 is 11.3 Å². The van der Waals surface area contributed by atoms with Crippen molar-refractivity contribution in [2.24, 2.45) is 4.99 Å². The summed E-state index contributed by atoms with van der Waals surface area (Å²) < 4.78 is 32.2. The lowest BCUT2D eigenvalue weighted by molar-refractivity contribution is -0.139. The van der Waals surface area contributed by atoms with Gasteiger partial charge in [-0.2, -0.15) is 0 Å². The van der Waals surface area contributed by atoms with Gasteiger partial charge in [0.1, 0.15) is 5.82 Å². The average Bonchev–Trinajstić information content (AvgIpc) is 3.21. The fraction of sp³-hybridized carbons (Fsp3) is 0.345. The fourth-order valence-corrected chi connectivity index (χ4v) is 5.37. The number of thiazole rings is 1. The molecule has 0 N–H and O–H groups in total. The third kappa shape index (κ3) is 5.72. The van der Waals surface area contributed by atoms with Crippen LogP contribution in [0.3, 0.4) is 0 Å². The predicted octanol–water partition coefficient (Wildman–Crippen LogP) is 4.52. The molecule has 0 spiro atoms. The molecule has 2 aromatic carbocycles. The molecule has 9 heteroatoms. The molecule has 0 radical (unpaired) electrons. The number of carbonyl (C=O) groups is 1. The molecule has 1 atom stereocenters. The molecule has 1 unspecified atom stereocenters. The Labute approximate surface area is 224 Å². The van der Waals surface area contributed by atoms with E-state index < -0.39 is 12.0 Å². The van der Waals surface area contributed by atoms with Gasteiger partial charge < -0.3 is 14.2 Å². The van der Waals surface area contributed by atoms with Gasteiger partial charge in [0.15, 0.2) is 16.3 Å². The summed E-state index contributed by atoms with van der Waals surface area (Å²) in [6.45, 7) is 6.35. The van der Waals surface area contributed by atoms with E-state index in [4.69, 9.17) is 14.2 Å². The molecule has 3 aromatic rings. The number of fused-ring (bicyclic) bond motifs is 1. The van der Waals surface area contributed by atoms with E-state index in [1.807, 2.05) is 6.07 Å². The first kappa shape index (κ1) is 27.3. The summed E-state index contributed by atoms with van der Waals surface area (Å²) in [5, 5.41) is 0. The monoisotopic (exact) mass is 538 g/mol. The number of methoxy groups -OCH3 is 1. The SMILES string of the molecule is CCCCCOc1ccc(C2C(C(=O)OCC)=C(C)N=c3s/c(=C\c4ccc(F)cc4)c(=O)n32)cc1OC. The molecule has 1 aromatic heterocycles. The molecular formula is C29H31FN2O5S. The quantitative estimate of drug-likeness (QED) is 0.280. The number of hydrogen-bond acceptors (Lipinski definition) is 7. The number of carbonyl (C=O) groups excluding carboxylic acids is 1. The van der Waals surface area contributed by atoms with Crippen molar-refractivity contribution in [2.75, 3.05) is 20.3 Å². The van der Waals surface area contributed by atoms with Crippen LogP contribution in [-0.4, -0.2) is 30.9 Å². The van der Waals surface area contributed by atoms with Crippen molar-refractivity contribution >= 4 is 23.4 Å². The van der Waals surface area contributed by atoms with Crippen molar-refractivity contribution in [1.29, 1.82) is 0 Å². The van der Waals surface area contributed by atoms with Gasteiger partial charge in [0.25, 0.3) is 5.56 Å². The maximum absolute atomic E-state index is 13.7. The highest BCUT2D eigenvalue weighted by Gasteiger charge is 2.34. The number of esters is 1. The summed E-state index contributed by atoms with van der Waals surface area (Å²) in [7, 11) is 1.56. The third-order valence-corrected chi connectivity index (χ3v) is 7.18. The second-order valence-electron chi connectivity index (χ2n) is 8.82. The average molecular weight is 539 g/mol. The normalized spacial score (nSPS) is 15.2. The largest absolute Gasteiger partial charge is 0.493 e. The first-order chi connectivity index (χ1) is 18.4. The zero-order chi connectivity index (χ0) is 27.2. The van der Waals surface area contributed by atoms with Gasteiger partial charge in [-0.05, 0) is 61.7 Å². The standard InChI is InChI=1S/C29H31FN2O5S/c1-5-7-8-15-37-22-14-11-20(17-23(22)35-4)26-25(28(34)36-6-2)18(3)31-29-32(26)27(33)24(38-29)16-19-9-12-21(30)13-10-19/h9-14,16-17,26H,5-8,15H2,1-4H3/b24-16-. The van der Waals surface area contributed by atoms with Crippen LogP contribution in [0.1, 0.15) is 57.2 Å². The van der Waals surface area contributed by atoms with Crippen LogP contribution in [0.5, 0.6) is 11.5 Å². The van der Waals surface area contributed by atoms with Crippen molar-refractivity contribution in [3.8, 4) is 11.5 Å². The Morgan fingerprint density at radius 3 is 2.58 bits per heavy atom. The van der Waals surface area contributed by atoms with Gasteiger partial charge in [-0.15, -0.1) is 0 Å². The van der Waals surface area contributed by atoms with Crippen molar-refractivity contribution in [2.45, 2.75) is 46.1 Å². The molecule has 38 heavy (non-hydrogen) atoms. The third-order valence-electron chi connectivity index (χ3n) is 6.19. The number of nitrogens with zero attached hydrogens (tertiary/aromatic N) is 2. The number of halogens is 1. The topological polar surface area (TPSA) is 79.1 Å². The first-order valence-electron chi connectivity index (χ1n) is 12.6. The summed E-state index contributed by atoms with van der Waals surface area (Å²) in [6, 6.07) is 10.5. The van der Waals surface area contributed by atoms with E-state index in [1.165, 1.54) is 28.0 Å². The number of ether oxygens (including phenoxy) is 3. The number of rotatable bonds is 10. The van der Waals surface area contributed by atoms with Gasteiger partial charge in [-0.3, -0.25) is 9.36 Å². The Bertz CT molecular complexity index is 1520. The van der Waals surface area contributed by atoms with Crippen LogP contribution in [0.2, 0.25) is 0 Å². The molecule has 0 amide bonds. The summed E-state index contributed by atoms with van der Waals surface area (Å²) >= 11 is 1.21. The number of benzene rings is 2. The Morgan fingerprint density at radius 2 is 1.89 bits per heavy atom. The molecule has 0 saturated heterocycles. The summed E-state index contributed by atoms with van der Waals surface area (Å²) in [5.74, 6) is 0.204. The summed E-state index contributed by atoms with van der Waals surface area (Å²) in [4.78, 5) is 31.9. The highest BCUT2D eigenvalue weighted by atomic mass is 32.1. The lowest BCUT2D eigenvalue weighted by Crippen LogP contribution is -2.40. The smallest absolute Gasteiger partial charge is 0.338 e. The Hall–Kier alpha value is -3.72. The van der Waals surface area contributed by atoms with Crippen molar-refractivity contribution in [1.82, 2.24) is 4.57 Å². The van der Waals surface area contributed by atoms with Gasteiger partial charge in [-0.1, -0.05) is 49.3 Å². The molecule has 7 nitrogen and oxygen atoms in total. The van der Waals surface area contributed by atoms with E-state index in [9.17, 15) is 14.0 Å². The molecule has 200 valence electrons. The molecule has 4 rings (SSSR count). The van der Waals surface area contributed by atoms with Gasteiger partial charge in [0, 0.05) is 0 Å². The van der Waals surface area contributed by atoms with Crippen LogP contribution in [0.4, 0.5) is 4.39 Å². The minimum atomic E-state index is -0.774. The molecule has 0 aliphatic carbocycles. The maximum atomic E-state index is 13.7. The number of allylic oxidation sites excluding steroid dienone is 1. The van der Waals surface area contributed by atoms with Gasteiger partial charge in [-0.25, -0.2) is 14.2 Å². The van der Waals surface area contributed by atoms with E-state index >= 15 is 0 Å². The van der Waals surface area contributed by atoms with Crippen LogP contribution in [-0.2, 0) is 9.53 Å². The highest BCUT2D eigenvalue weighted by molar-refractivity contribution is 7.07. The molecule has 0 fully saturated rings. The van der Waals surface area contributed by atoms with E-state index in [1.54, 1.807) is 51.3 Å². The van der Waals surface area contributed by atoms with Gasteiger partial charge in [0.2, 0.25) is 0 Å². The van der Waals surface area contributed by atoms with Gasteiger partial charge >= 0.3 is 5.97 Å². The van der Waals surface area contributed by atoms with E-state index in [2.05, 4.69) is 11.9 Å². The first-order valence-corrected chi connectivity index (χ1v) is 13.5. The summed E-state index contributed by atoms with van der Waals surface area (Å²) in [6.07, 6.45) is 4.78. The Balaban J connectivity index is 1.85. The lowest BCUT2D eigenvalue weighted by Gasteiger charge is -2.25. The van der Waals surface area contributed by atoms with E-state index in [-0.39, 0.29) is 23.6 Å². The zero-order valence-corrected chi connectivity index (χ0v) is 22.8. The molecule has 1 aliphatic heterocycles. The predicted molar refractivity (Wildman–Crippen MR) is 145 cm³/mol. The molecular weight excluding hydrogens is 507 g/mol. The molecule has 0 bridgehead atoms. The second-order valence-corrected chi connectivity index (χ2v) is 9.83. The summed E-state index contributed by atoms with van der Waals surface area (Å²) in [5.41, 5.74) is 1.79. The maximum Gasteiger partial charge on any atom is 0.338 e. The number of unbranched alkanes of at least 4 members (excludes halogenated alkanes) is 2. The molecule has 1 aliphatic rings. The van der Waals surface area contributed by atoms with Crippen molar-refractivity contribution in [3.05, 3.63) is 90.4 Å². The Morgan fingerprint density at radius 1 is 1.13 bits per heavy atom. The van der Waals surface area contributed by atoms with Crippen LogP contribution in [0, 0.1) is 5.82 Å². The second kappa shape index (κ2) is 12.2. The minimum absolute atomic E-state index is 0.186. The van der Waals surface area contributed by atoms with Crippen molar-refractivity contribution < 1.29 is 23.4 Å². The van der Waals surface area contributed by atoms with Crippen LogP contribution in [0.15, 0.2) is 63.5 Å². The Kier molecular flexibility index (Phi) is 8.78. The van der Waals surface area contributed by atoms with Crippen LogP contribution in [0.25, 0.3) is 6.08 Å². The van der Waals surface area contributed by atoms with E-state index in [0.717, 1.165) is 19.3 Å². The van der Waals surface area contributed by atoms with E-state index in [0.29, 0.717) is 44.3 Å². The molecule has 0 saturated carbocycles. The minimum Gasteiger partial charge on any atom is -0.493 e. The number of hydrogen-bond donors (Lipinski definition) is 0. The highest BCUT2D eigenvalue weighted by Crippen LogP contribution is 2.36. The zero-order valence-electron chi connectivity index (χ0n) is 22.0. The number of aromatic nitrogens is 1. The van der Waals surface area contributed by atoms with Crippen molar-refractivity contribution in [3.63, 3.8) is 0 Å². The van der Waals surface area contributed by atoms with Crippen LogP contribution < -0.4 is 24.4 Å².